The highest BCUT2D eigenvalue weighted by atomic mass is 16.5. The molecule has 8 heteroatoms. The van der Waals surface area contributed by atoms with Crippen LogP contribution in [0.1, 0.15) is 28.7 Å². The Morgan fingerprint density at radius 3 is 2.73 bits per heavy atom. The number of carbonyl (C=O) groups excluding carboxylic acids is 1. The van der Waals surface area contributed by atoms with E-state index in [9.17, 15) is 4.79 Å². The minimum Gasteiger partial charge on any atom is -0.361 e. The molecule has 3 aromatic rings. The van der Waals surface area contributed by atoms with Crippen LogP contribution in [0.25, 0.3) is 5.69 Å². The Kier molecular flexibility index (Phi) is 3.65. The lowest BCUT2D eigenvalue weighted by molar-refractivity contribution is 0.102. The van der Waals surface area contributed by atoms with Crippen LogP contribution < -0.4 is 5.32 Å². The van der Waals surface area contributed by atoms with Crippen LogP contribution in [0.15, 0.2) is 35.1 Å². The zero-order valence-corrected chi connectivity index (χ0v) is 12.1. The summed E-state index contributed by atoms with van der Waals surface area (Å²) in [5.74, 6) is 0.283. The summed E-state index contributed by atoms with van der Waals surface area (Å²) in [6.07, 6.45) is 2.14. The van der Waals surface area contributed by atoms with Crippen LogP contribution in [0, 0.1) is 6.92 Å². The molecule has 0 saturated carbocycles. The van der Waals surface area contributed by atoms with Gasteiger partial charge in [0.2, 0.25) is 0 Å². The molecular formula is C14H14N6O2. The van der Waals surface area contributed by atoms with Gasteiger partial charge in [-0.1, -0.05) is 12.1 Å². The fourth-order valence-electron chi connectivity index (χ4n) is 2.12. The molecule has 0 saturated heterocycles. The number of nitrogens with zero attached hydrogens (tertiary/aromatic N) is 5. The number of tetrazole rings is 1. The first-order valence-electron chi connectivity index (χ1n) is 6.79. The van der Waals surface area contributed by atoms with Crippen molar-refractivity contribution in [2.45, 2.75) is 20.3 Å². The van der Waals surface area contributed by atoms with E-state index in [0.29, 0.717) is 29.1 Å². The number of rotatable bonds is 4. The van der Waals surface area contributed by atoms with Crippen molar-refractivity contribution in [3.63, 3.8) is 0 Å². The highest BCUT2D eigenvalue weighted by Gasteiger charge is 2.19. The quantitative estimate of drug-likeness (QED) is 0.788. The number of hydrogen-bond acceptors (Lipinski definition) is 6. The summed E-state index contributed by atoms with van der Waals surface area (Å²) < 4.78 is 6.61. The van der Waals surface area contributed by atoms with E-state index in [0.717, 1.165) is 5.69 Å². The molecule has 0 spiro atoms. The second-order valence-electron chi connectivity index (χ2n) is 4.67. The van der Waals surface area contributed by atoms with Crippen molar-refractivity contribution in [1.82, 2.24) is 25.4 Å². The van der Waals surface area contributed by atoms with Crippen molar-refractivity contribution in [1.29, 1.82) is 0 Å². The van der Waals surface area contributed by atoms with Gasteiger partial charge in [0.1, 0.15) is 17.7 Å². The molecule has 112 valence electrons. The third-order valence-electron chi connectivity index (χ3n) is 3.23. The normalized spacial score (nSPS) is 10.6. The number of aromatic nitrogens is 5. The molecule has 0 atom stereocenters. The van der Waals surface area contributed by atoms with Crippen molar-refractivity contribution in [2.24, 2.45) is 0 Å². The molecule has 3 rings (SSSR count). The molecule has 22 heavy (non-hydrogen) atoms. The first kappa shape index (κ1) is 13.9. The molecule has 8 nitrogen and oxygen atoms in total. The van der Waals surface area contributed by atoms with E-state index >= 15 is 0 Å². The van der Waals surface area contributed by atoms with E-state index in [1.54, 1.807) is 19.1 Å². The number of amides is 1. The second kappa shape index (κ2) is 5.76. The predicted molar refractivity (Wildman–Crippen MR) is 77.7 cm³/mol. The van der Waals surface area contributed by atoms with Crippen LogP contribution in [0.2, 0.25) is 0 Å². The maximum Gasteiger partial charge on any atom is 0.261 e. The summed E-state index contributed by atoms with van der Waals surface area (Å²) in [5.41, 5.74) is 2.62. The Labute approximate surface area is 126 Å². The lowest BCUT2D eigenvalue weighted by Gasteiger charge is -2.06. The van der Waals surface area contributed by atoms with Crippen molar-refractivity contribution >= 4 is 11.6 Å². The fourth-order valence-corrected chi connectivity index (χ4v) is 2.12. The van der Waals surface area contributed by atoms with Gasteiger partial charge in [0.05, 0.1) is 11.4 Å². The largest absolute Gasteiger partial charge is 0.361 e. The van der Waals surface area contributed by atoms with Crippen molar-refractivity contribution in [3.05, 3.63) is 47.6 Å². The Balaban J connectivity index is 1.78. The smallest absolute Gasteiger partial charge is 0.261 e. The topological polar surface area (TPSA) is 98.7 Å². The average Bonchev–Trinajstić information content (AvgIpc) is 3.17. The van der Waals surface area contributed by atoms with E-state index < -0.39 is 0 Å². The lowest BCUT2D eigenvalue weighted by atomic mass is 10.1. The average molecular weight is 298 g/mol. The third kappa shape index (κ3) is 2.58. The molecule has 0 unspecified atom stereocenters. The Morgan fingerprint density at radius 1 is 1.32 bits per heavy atom. The second-order valence-corrected chi connectivity index (χ2v) is 4.67. The Hall–Kier alpha value is -3.03. The van der Waals surface area contributed by atoms with Crippen molar-refractivity contribution < 1.29 is 9.32 Å². The van der Waals surface area contributed by atoms with Crippen LogP contribution in [0.4, 0.5) is 5.69 Å². The molecule has 0 fully saturated rings. The zero-order chi connectivity index (χ0) is 15.5. The van der Waals surface area contributed by atoms with Gasteiger partial charge in [-0.3, -0.25) is 4.79 Å². The lowest BCUT2D eigenvalue weighted by Crippen LogP contribution is -2.14. The van der Waals surface area contributed by atoms with Gasteiger partial charge in [-0.2, -0.15) is 0 Å². The molecule has 0 aliphatic rings. The number of aryl methyl sites for hydroxylation is 2. The molecule has 2 heterocycles. The first-order valence-corrected chi connectivity index (χ1v) is 6.79. The summed E-state index contributed by atoms with van der Waals surface area (Å²) in [5, 5.41) is 17.7. The van der Waals surface area contributed by atoms with E-state index in [-0.39, 0.29) is 5.91 Å². The zero-order valence-electron chi connectivity index (χ0n) is 12.1. The van der Waals surface area contributed by atoms with Crippen LogP contribution >= 0.6 is 0 Å². The van der Waals surface area contributed by atoms with Crippen LogP contribution in [-0.4, -0.2) is 31.3 Å². The molecule has 0 aliphatic heterocycles. The first-order chi connectivity index (χ1) is 10.7. The third-order valence-corrected chi connectivity index (χ3v) is 3.23. The van der Waals surface area contributed by atoms with Gasteiger partial charge in [0, 0.05) is 5.69 Å². The van der Waals surface area contributed by atoms with Gasteiger partial charge >= 0.3 is 0 Å². The number of carbonyl (C=O) groups is 1. The van der Waals surface area contributed by atoms with Crippen LogP contribution in [0.5, 0.6) is 0 Å². The van der Waals surface area contributed by atoms with E-state index in [2.05, 4.69) is 26.0 Å². The number of hydrogen-bond donors (Lipinski definition) is 1. The molecule has 1 amide bonds. The molecule has 2 aromatic heterocycles. The predicted octanol–water partition coefficient (Wildman–Crippen LogP) is 1.77. The molecule has 1 aromatic carbocycles. The SMILES string of the molecule is CCc1noc(C)c1C(=O)Nc1ccc(-n2cnnn2)cc1. The number of benzene rings is 1. The van der Waals surface area contributed by atoms with Gasteiger partial charge < -0.3 is 9.84 Å². The van der Waals surface area contributed by atoms with Gasteiger partial charge in [0.15, 0.2) is 0 Å². The number of anilines is 1. The summed E-state index contributed by atoms with van der Waals surface area (Å²) in [6, 6.07) is 7.19. The highest BCUT2D eigenvalue weighted by molar-refractivity contribution is 6.05. The molecule has 0 aliphatic carbocycles. The molecule has 0 radical (unpaired) electrons. The van der Waals surface area contributed by atoms with Crippen LogP contribution in [-0.2, 0) is 6.42 Å². The standard InChI is InChI=1S/C14H14N6O2/c1-3-12-13(9(2)22-17-12)14(21)16-10-4-6-11(7-5-10)20-8-15-18-19-20/h4-8H,3H2,1-2H3,(H,16,21). The van der Waals surface area contributed by atoms with Gasteiger partial charge in [-0.25, -0.2) is 4.68 Å². The highest BCUT2D eigenvalue weighted by Crippen LogP contribution is 2.17. The van der Waals surface area contributed by atoms with Gasteiger partial charge in [-0.05, 0) is 48.0 Å². The maximum atomic E-state index is 12.3. The van der Waals surface area contributed by atoms with E-state index in [1.807, 2.05) is 19.1 Å². The molecular weight excluding hydrogens is 284 g/mol. The Morgan fingerprint density at radius 2 is 2.09 bits per heavy atom. The maximum absolute atomic E-state index is 12.3. The monoisotopic (exact) mass is 298 g/mol. The number of nitrogens with one attached hydrogen (secondary N) is 1. The van der Waals surface area contributed by atoms with E-state index in [4.69, 9.17) is 4.52 Å². The van der Waals surface area contributed by atoms with Crippen molar-refractivity contribution in [2.75, 3.05) is 5.32 Å². The molecule has 1 N–H and O–H groups in total. The Bertz CT molecular complexity index is 776. The minimum atomic E-state index is -0.231. The summed E-state index contributed by atoms with van der Waals surface area (Å²) in [6.45, 7) is 3.65. The summed E-state index contributed by atoms with van der Waals surface area (Å²) in [4.78, 5) is 12.3. The summed E-state index contributed by atoms with van der Waals surface area (Å²) >= 11 is 0. The minimum absolute atomic E-state index is 0.231. The van der Waals surface area contributed by atoms with Gasteiger partial charge in [0.25, 0.3) is 5.91 Å². The van der Waals surface area contributed by atoms with Crippen LogP contribution in [0.3, 0.4) is 0 Å². The summed E-state index contributed by atoms with van der Waals surface area (Å²) in [7, 11) is 0. The van der Waals surface area contributed by atoms with Gasteiger partial charge in [-0.15, -0.1) is 5.10 Å². The fraction of sp³-hybridized carbons (Fsp3) is 0.214. The van der Waals surface area contributed by atoms with E-state index in [1.165, 1.54) is 11.0 Å². The van der Waals surface area contributed by atoms with Crippen molar-refractivity contribution in [3.8, 4) is 5.69 Å². The molecule has 0 bridgehead atoms.